The minimum Gasteiger partial charge on any atom is -0.488 e. The minimum atomic E-state index is -0.198. The number of benzene rings is 2. The zero-order chi connectivity index (χ0) is 25.1. The second kappa shape index (κ2) is 10.6. The number of hydrogen-bond donors (Lipinski definition) is 1. The monoisotopic (exact) mass is 489 g/mol. The van der Waals surface area contributed by atoms with Crippen LogP contribution < -0.4 is 10.1 Å². The van der Waals surface area contributed by atoms with E-state index in [1.807, 2.05) is 69.3 Å². The fraction of sp³-hybridized carbons (Fsp3) is 0.357. The van der Waals surface area contributed by atoms with E-state index in [4.69, 9.17) is 18.4 Å². The molecule has 1 aliphatic rings. The quantitative estimate of drug-likeness (QED) is 0.383. The van der Waals surface area contributed by atoms with Crippen LogP contribution in [-0.2, 0) is 11.3 Å². The van der Waals surface area contributed by atoms with Crippen LogP contribution >= 0.6 is 0 Å². The number of carbonyl (C=O) groups excluding carboxylic acids is 1. The second-order valence-corrected chi connectivity index (χ2v) is 9.11. The van der Waals surface area contributed by atoms with Gasteiger partial charge in [0.25, 0.3) is 5.91 Å². The van der Waals surface area contributed by atoms with E-state index in [0.29, 0.717) is 36.8 Å². The number of ether oxygens (including phenoxy) is 2. The van der Waals surface area contributed by atoms with Crippen LogP contribution in [0.5, 0.6) is 5.75 Å². The van der Waals surface area contributed by atoms with Crippen LogP contribution in [0.25, 0.3) is 10.8 Å². The third-order valence-corrected chi connectivity index (χ3v) is 6.68. The maximum Gasteiger partial charge on any atom is 0.255 e. The Kier molecular flexibility index (Phi) is 7.06. The van der Waals surface area contributed by atoms with Crippen molar-refractivity contribution in [3.63, 3.8) is 0 Å². The van der Waals surface area contributed by atoms with Gasteiger partial charge >= 0.3 is 0 Å². The van der Waals surface area contributed by atoms with Crippen LogP contribution in [0, 0.1) is 20.8 Å². The minimum absolute atomic E-state index is 0.0846. The Balaban J connectivity index is 1.39. The van der Waals surface area contributed by atoms with E-state index in [1.54, 1.807) is 0 Å². The van der Waals surface area contributed by atoms with Gasteiger partial charge in [0.05, 0.1) is 36.1 Å². The number of aryl methyl sites for hydroxylation is 3. The number of morpholine rings is 1. The molecule has 4 aromatic rings. The molecule has 8 heteroatoms. The summed E-state index contributed by atoms with van der Waals surface area (Å²) in [5.74, 6) is 2.71. The van der Waals surface area contributed by atoms with E-state index >= 15 is 0 Å². The van der Waals surface area contributed by atoms with Crippen LogP contribution in [0.15, 0.2) is 57.5 Å². The molecule has 3 heterocycles. The number of furan rings is 1. The van der Waals surface area contributed by atoms with Crippen LogP contribution in [0.1, 0.15) is 44.9 Å². The van der Waals surface area contributed by atoms with Gasteiger partial charge in [0.2, 0.25) is 0 Å². The summed E-state index contributed by atoms with van der Waals surface area (Å²) >= 11 is 0. The summed E-state index contributed by atoms with van der Waals surface area (Å²) in [6, 6.07) is 15.6. The first kappa shape index (κ1) is 24.1. The molecule has 8 nitrogen and oxygen atoms in total. The highest BCUT2D eigenvalue weighted by atomic mass is 16.5. The molecule has 0 radical (unpaired) electrons. The highest BCUT2D eigenvalue weighted by Crippen LogP contribution is 2.29. The van der Waals surface area contributed by atoms with Gasteiger partial charge < -0.3 is 23.7 Å². The predicted octanol–water partition coefficient (Wildman–Crippen LogP) is 4.73. The van der Waals surface area contributed by atoms with Gasteiger partial charge in [0, 0.05) is 19.6 Å². The number of aromatic nitrogens is 1. The van der Waals surface area contributed by atoms with Gasteiger partial charge in [0.15, 0.2) is 0 Å². The van der Waals surface area contributed by atoms with Gasteiger partial charge in [-0.05, 0) is 55.8 Å². The lowest BCUT2D eigenvalue weighted by Gasteiger charge is -2.33. The van der Waals surface area contributed by atoms with E-state index in [9.17, 15) is 4.79 Å². The molecule has 1 aliphatic heterocycles. The van der Waals surface area contributed by atoms with Gasteiger partial charge in [-0.3, -0.25) is 9.69 Å². The van der Waals surface area contributed by atoms with Crippen LogP contribution in [0.2, 0.25) is 0 Å². The normalized spacial score (nSPS) is 15.2. The average molecular weight is 490 g/mol. The molecule has 1 saturated heterocycles. The number of fused-ring (bicyclic) bond motifs is 1. The van der Waals surface area contributed by atoms with Crippen molar-refractivity contribution in [3.8, 4) is 5.75 Å². The highest BCUT2D eigenvalue weighted by Gasteiger charge is 2.26. The largest absolute Gasteiger partial charge is 0.488 e. The van der Waals surface area contributed by atoms with Crippen molar-refractivity contribution < 1.29 is 23.2 Å². The SMILES string of the molecule is Cc1ccc(C(CNC(=O)c2cc3ccccc3cc2OCc2c(C)noc2C)N2CCOCC2)o1. The Morgan fingerprint density at radius 2 is 1.83 bits per heavy atom. The molecule has 1 atom stereocenters. The van der Waals surface area contributed by atoms with Crippen molar-refractivity contribution in [1.29, 1.82) is 0 Å². The maximum atomic E-state index is 13.5. The standard InChI is InChI=1S/C28H31N3O5/c1-18-8-9-26(35-18)25(31-10-12-33-13-11-31)16-29-28(32)23-14-21-6-4-5-7-22(21)15-27(23)34-17-24-19(2)30-36-20(24)3/h4-9,14-15,25H,10-13,16-17H2,1-3H3,(H,29,32). The van der Waals surface area contributed by atoms with E-state index in [1.165, 1.54) is 0 Å². The first-order chi connectivity index (χ1) is 17.5. The lowest BCUT2D eigenvalue weighted by Crippen LogP contribution is -2.43. The summed E-state index contributed by atoms with van der Waals surface area (Å²) in [6.07, 6.45) is 0. The summed E-state index contributed by atoms with van der Waals surface area (Å²) in [5.41, 5.74) is 2.15. The lowest BCUT2D eigenvalue weighted by molar-refractivity contribution is 0.0117. The van der Waals surface area contributed by atoms with Crippen molar-refractivity contribution >= 4 is 16.7 Å². The number of carbonyl (C=O) groups is 1. The third-order valence-electron chi connectivity index (χ3n) is 6.68. The smallest absolute Gasteiger partial charge is 0.255 e. The molecule has 36 heavy (non-hydrogen) atoms. The van der Waals surface area contributed by atoms with Gasteiger partial charge in [0.1, 0.15) is 29.6 Å². The number of amides is 1. The lowest BCUT2D eigenvalue weighted by atomic mass is 10.0. The topological polar surface area (TPSA) is 90.0 Å². The zero-order valence-electron chi connectivity index (χ0n) is 20.9. The average Bonchev–Trinajstić information content (AvgIpc) is 3.47. The van der Waals surface area contributed by atoms with Crippen LogP contribution in [-0.4, -0.2) is 48.8 Å². The molecule has 1 amide bonds. The molecular formula is C28H31N3O5. The van der Waals surface area contributed by atoms with Crippen LogP contribution in [0.3, 0.4) is 0 Å². The van der Waals surface area contributed by atoms with Gasteiger partial charge in [-0.15, -0.1) is 0 Å². The van der Waals surface area contributed by atoms with E-state index < -0.39 is 0 Å². The van der Waals surface area contributed by atoms with Gasteiger partial charge in [-0.25, -0.2) is 0 Å². The third kappa shape index (κ3) is 5.15. The Bertz CT molecular complexity index is 1330. The summed E-state index contributed by atoms with van der Waals surface area (Å²) in [7, 11) is 0. The van der Waals surface area contributed by atoms with Gasteiger partial charge in [-0.2, -0.15) is 0 Å². The molecule has 2 aromatic carbocycles. The summed E-state index contributed by atoms with van der Waals surface area (Å²) < 4.78 is 22.9. The fourth-order valence-electron chi connectivity index (χ4n) is 4.59. The van der Waals surface area contributed by atoms with Gasteiger partial charge in [-0.1, -0.05) is 29.4 Å². The molecule has 2 aromatic heterocycles. The number of hydrogen-bond acceptors (Lipinski definition) is 7. The Morgan fingerprint density at radius 3 is 2.50 bits per heavy atom. The van der Waals surface area contributed by atoms with Crippen molar-refractivity contribution in [3.05, 3.63) is 82.6 Å². The van der Waals surface area contributed by atoms with E-state index in [2.05, 4.69) is 15.4 Å². The number of rotatable bonds is 8. The van der Waals surface area contributed by atoms with Crippen molar-refractivity contribution in [1.82, 2.24) is 15.4 Å². The molecule has 0 saturated carbocycles. The molecular weight excluding hydrogens is 458 g/mol. The molecule has 1 unspecified atom stereocenters. The Labute approximate surface area is 210 Å². The predicted molar refractivity (Wildman–Crippen MR) is 135 cm³/mol. The van der Waals surface area contributed by atoms with E-state index in [0.717, 1.165) is 46.6 Å². The molecule has 1 N–H and O–H groups in total. The number of nitrogens with one attached hydrogen (secondary N) is 1. The molecule has 1 fully saturated rings. The fourth-order valence-corrected chi connectivity index (χ4v) is 4.59. The molecule has 5 rings (SSSR count). The Morgan fingerprint density at radius 1 is 1.08 bits per heavy atom. The van der Waals surface area contributed by atoms with E-state index in [-0.39, 0.29) is 18.6 Å². The molecule has 0 spiro atoms. The van der Waals surface area contributed by atoms with Crippen molar-refractivity contribution in [2.45, 2.75) is 33.4 Å². The highest BCUT2D eigenvalue weighted by molar-refractivity contribution is 6.01. The molecule has 0 aliphatic carbocycles. The first-order valence-electron chi connectivity index (χ1n) is 12.2. The van der Waals surface area contributed by atoms with Crippen molar-refractivity contribution in [2.75, 3.05) is 32.8 Å². The summed E-state index contributed by atoms with van der Waals surface area (Å²) in [4.78, 5) is 15.8. The molecule has 188 valence electrons. The first-order valence-corrected chi connectivity index (χ1v) is 12.2. The summed E-state index contributed by atoms with van der Waals surface area (Å²) in [5, 5.41) is 9.11. The summed E-state index contributed by atoms with van der Waals surface area (Å²) in [6.45, 7) is 9.22. The second-order valence-electron chi connectivity index (χ2n) is 9.11. The Hall–Kier alpha value is -3.62. The maximum absolute atomic E-state index is 13.5. The van der Waals surface area contributed by atoms with Crippen LogP contribution in [0.4, 0.5) is 0 Å². The molecule has 0 bridgehead atoms. The number of nitrogens with zero attached hydrogens (tertiary/aromatic N) is 2. The zero-order valence-corrected chi connectivity index (χ0v) is 20.9. The van der Waals surface area contributed by atoms with Crippen molar-refractivity contribution in [2.24, 2.45) is 0 Å².